The zero-order chi connectivity index (χ0) is 17.8. The van der Waals surface area contributed by atoms with Crippen LogP contribution < -0.4 is 10.6 Å². The Morgan fingerprint density at radius 2 is 1.72 bits per heavy atom. The number of anilines is 2. The highest BCUT2D eigenvalue weighted by Gasteiger charge is 2.27. The van der Waals surface area contributed by atoms with Gasteiger partial charge in [0.15, 0.2) is 0 Å². The summed E-state index contributed by atoms with van der Waals surface area (Å²) in [5.74, 6) is 0.000471. The van der Waals surface area contributed by atoms with Crippen LogP contribution in [-0.4, -0.2) is 29.9 Å². The van der Waals surface area contributed by atoms with Crippen LogP contribution in [0.5, 0.6) is 0 Å². The van der Waals surface area contributed by atoms with Crippen LogP contribution in [0.1, 0.15) is 24.0 Å². The summed E-state index contributed by atoms with van der Waals surface area (Å²) >= 11 is 1.50. The summed E-state index contributed by atoms with van der Waals surface area (Å²) in [7, 11) is 0. The maximum Gasteiger partial charge on any atom is 0.322 e. The lowest BCUT2D eigenvalue weighted by Crippen LogP contribution is -2.43. The van der Waals surface area contributed by atoms with E-state index < -0.39 is 0 Å². The molecule has 0 bridgehead atoms. The quantitative estimate of drug-likeness (QED) is 0.863. The van der Waals surface area contributed by atoms with Gasteiger partial charge in [-0.1, -0.05) is 18.2 Å². The van der Waals surface area contributed by atoms with E-state index in [2.05, 4.69) is 10.6 Å². The highest BCUT2D eigenvalue weighted by atomic mass is 32.1. The molecule has 2 N–H and O–H groups in total. The molecule has 1 fully saturated rings. The number of urea groups is 1. The smallest absolute Gasteiger partial charge is 0.322 e. The Balaban J connectivity index is 1.53. The van der Waals surface area contributed by atoms with Gasteiger partial charge in [0.25, 0.3) is 0 Å². The van der Waals surface area contributed by atoms with Gasteiger partial charge in [-0.25, -0.2) is 4.79 Å². The molecule has 0 atom stereocenters. The summed E-state index contributed by atoms with van der Waals surface area (Å²) in [6.45, 7) is 5.20. The molecule has 0 unspecified atom stereocenters. The molecular weight excluding hydrogens is 334 g/mol. The van der Waals surface area contributed by atoms with Gasteiger partial charge in [-0.2, -0.15) is 0 Å². The number of benzene rings is 1. The van der Waals surface area contributed by atoms with Crippen molar-refractivity contribution in [3.63, 3.8) is 0 Å². The van der Waals surface area contributed by atoms with Gasteiger partial charge < -0.3 is 10.2 Å². The van der Waals surface area contributed by atoms with Crippen LogP contribution in [0.25, 0.3) is 0 Å². The number of likely N-dealkylation sites (tertiary alicyclic amines) is 1. The number of aryl methyl sites for hydroxylation is 2. The topological polar surface area (TPSA) is 61.4 Å². The number of nitrogens with zero attached hydrogens (tertiary/aromatic N) is 1. The zero-order valence-corrected chi connectivity index (χ0v) is 15.4. The van der Waals surface area contributed by atoms with E-state index in [4.69, 9.17) is 0 Å². The fourth-order valence-electron chi connectivity index (χ4n) is 3.12. The van der Waals surface area contributed by atoms with Gasteiger partial charge in [0.1, 0.15) is 0 Å². The van der Waals surface area contributed by atoms with Gasteiger partial charge in [-0.15, -0.1) is 11.3 Å². The molecule has 1 aliphatic heterocycles. The molecule has 5 nitrogen and oxygen atoms in total. The van der Waals surface area contributed by atoms with E-state index in [0.29, 0.717) is 25.9 Å². The number of carbonyl (C=O) groups is 2. The van der Waals surface area contributed by atoms with Crippen molar-refractivity contribution in [3.05, 3.63) is 46.8 Å². The number of hydrogen-bond acceptors (Lipinski definition) is 3. The number of amides is 3. The minimum Gasteiger partial charge on any atom is -0.325 e. The number of nitrogens with one attached hydrogen (secondary N) is 2. The van der Waals surface area contributed by atoms with E-state index in [-0.39, 0.29) is 17.9 Å². The number of carbonyl (C=O) groups excluding carboxylic acids is 2. The van der Waals surface area contributed by atoms with Gasteiger partial charge in [0, 0.05) is 24.7 Å². The molecule has 0 radical (unpaired) electrons. The molecule has 3 rings (SSSR count). The number of para-hydroxylation sites is 1. The number of piperidine rings is 1. The summed E-state index contributed by atoms with van der Waals surface area (Å²) < 4.78 is 0. The lowest BCUT2D eigenvalue weighted by molar-refractivity contribution is -0.121. The first kappa shape index (κ1) is 17.5. The maximum atomic E-state index is 12.6. The molecule has 1 aromatic heterocycles. The van der Waals surface area contributed by atoms with Gasteiger partial charge in [0.2, 0.25) is 5.91 Å². The SMILES string of the molecule is Cc1cccc(C)c1NC(=O)C1CCN(C(=O)Nc2cccs2)CC1. The Morgan fingerprint density at radius 3 is 2.32 bits per heavy atom. The predicted molar refractivity (Wildman–Crippen MR) is 102 cm³/mol. The summed E-state index contributed by atoms with van der Waals surface area (Å²) in [4.78, 5) is 26.6. The zero-order valence-electron chi connectivity index (χ0n) is 14.5. The minimum absolute atomic E-state index is 0.0511. The van der Waals surface area contributed by atoms with E-state index in [1.54, 1.807) is 4.90 Å². The molecule has 1 aromatic carbocycles. The maximum absolute atomic E-state index is 12.6. The van der Waals surface area contributed by atoms with Gasteiger partial charge in [-0.05, 0) is 55.3 Å². The highest BCUT2D eigenvalue weighted by Crippen LogP contribution is 2.24. The van der Waals surface area contributed by atoms with E-state index in [0.717, 1.165) is 21.8 Å². The third kappa shape index (κ3) is 4.20. The Kier molecular flexibility index (Phi) is 5.38. The molecule has 25 heavy (non-hydrogen) atoms. The Morgan fingerprint density at radius 1 is 1.04 bits per heavy atom. The van der Waals surface area contributed by atoms with Crippen molar-refractivity contribution in [2.24, 2.45) is 5.92 Å². The van der Waals surface area contributed by atoms with E-state index >= 15 is 0 Å². The van der Waals surface area contributed by atoms with Crippen molar-refractivity contribution in [3.8, 4) is 0 Å². The lowest BCUT2D eigenvalue weighted by Gasteiger charge is -2.31. The number of thiophene rings is 1. The third-order valence-electron chi connectivity index (χ3n) is 4.63. The average Bonchev–Trinajstić information content (AvgIpc) is 3.11. The first-order chi connectivity index (χ1) is 12.0. The van der Waals surface area contributed by atoms with Crippen LogP contribution in [0.3, 0.4) is 0 Å². The monoisotopic (exact) mass is 357 g/mol. The predicted octanol–water partition coefficient (Wildman–Crippen LogP) is 4.25. The first-order valence-electron chi connectivity index (χ1n) is 8.51. The molecule has 0 spiro atoms. The Hall–Kier alpha value is -2.34. The molecule has 1 aliphatic rings. The fourth-order valence-corrected chi connectivity index (χ4v) is 3.72. The second kappa shape index (κ2) is 7.70. The van der Waals surface area contributed by atoms with Crippen LogP contribution in [0.2, 0.25) is 0 Å². The molecule has 2 aromatic rings. The molecule has 0 saturated carbocycles. The summed E-state index contributed by atoms with van der Waals surface area (Å²) in [6, 6.07) is 9.69. The van der Waals surface area contributed by atoms with Crippen molar-refractivity contribution >= 4 is 34.0 Å². The summed E-state index contributed by atoms with van der Waals surface area (Å²) in [5, 5.41) is 8.75. The molecule has 1 saturated heterocycles. The van der Waals surface area contributed by atoms with Crippen molar-refractivity contribution in [2.45, 2.75) is 26.7 Å². The normalized spacial score (nSPS) is 15.0. The van der Waals surface area contributed by atoms with E-state index in [9.17, 15) is 9.59 Å². The molecular formula is C19H23N3O2S. The second-order valence-corrected chi connectivity index (χ2v) is 7.37. The van der Waals surface area contributed by atoms with Crippen LogP contribution in [0.15, 0.2) is 35.7 Å². The van der Waals surface area contributed by atoms with E-state index in [1.165, 1.54) is 11.3 Å². The molecule has 6 heteroatoms. The third-order valence-corrected chi connectivity index (χ3v) is 5.42. The molecule has 3 amide bonds. The van der Waals surface area contributed by atoms with E-state index in [1.807, 2.05) is 49.6 Å². The Labute approximate surface area is 152 Å². The van der Waals surface area contributed by atoms with Crippen LogP contribution in [0, 0.1) is 19.8 Å². The Bertz CT molecular complexity index is 730. The standard InChI is InChI=1S/C19H23N3O2S/c1-13-5-3-6-14(2)17(13)21-18(23)15-8-10-22(11-9-15)19(24)20-16-7-4-12-25-16/h3-7,12,15H,8-11H2,1-2H3,(H,20,24)(H,21,23). The summed E-state index contributed by atoms with van der Waals surface area (Å²) in [5.41, 5.74) is 3.05. The first-order valence-corrected chi connectivity index (χ1v) is 9.39. The van der Waals surface area contributed by atoms with Gasteiger partial charge >= 0.3 is 6.03 Å². The minimum atomic E-state index is -0.0870. The largest absolute Gasteiger partial charge is 0.325 e. The number of hydrogen-bond donors (Lipinski definition) is 2. The van der Waals surface area contributed by atoms with Gasteiger partial charge in [-0.3, -0.25) is 10.1 Å². The molecule has 0 aliphatic carbocycles. The average molecular weight is 357 g/mol. The van der Waals surface area contributed by atoms with Crippen molar-refractivity contribution in [2.75, 3.05) is 23.7 Å². The molecule has 2 heterocycles. The summed E-state index contributed by atoms with van der Waals surface area (Å²) in [6.07, 6.45) is 1.38. The number of rotatable bonds is 3. The second-order valence-electron chi connectivity index (χ2n) is 6.42. The van der Waals surface area contributed by atoms with Crippen LogP contribution >= 0.6 is 11.3 Å². The van der Waals surface area contributed by atoms with Crippen molar-refractivity contribution in [1.29, 1.82) is 0 Å². The lowest BCUT2D eigenvalue weighted by atomic mass is 9.95. The van der Waals surface area contributed by atoms with Gasteiger partial charge in [0.05, 0.1) is 5.00 Å². The highest BCUT2D eigenvalue weighted by molar-refractivity contribution is 7.14. The fraction of sp³-hybridized carbons (Fsp3) is 0.368. The molecule has 132 valence electrons. The van der Waals surface area contributed by atoms with Crippen LogP contribution in [0.4, 0.5) is 15.5 Å². The van der Waals surface area contributed by atoms with Crippen LogP contribution in [-0.2, 0) is 4.79 Å². The van der Waals surface area contributed by atoms with Crippen molar-refractivity contribution < 1.29 is 9.59 Å². The van der Waals surface area contributed by atoms with Crippen molar-refractivity contribution in [1.82, 2.24) is 4.90 Å².